The molecule has 2 unspecified atom stereocenters. The van der Waals surface area contributed by atoms with Crippen molar-refractivity contribution >= 4 is 0 Å². The van der Waals surface area contributed by atoms with E-state index in [0.29, 0.717) is 0 Å². The van der Waals surface area contributed by atoms with Gasteiger partial charge in [-0.3, -0.25) is 0 Å². The second-order valence-corrected chi connectivity index (χ2v) is 5.86. The average Bonchev–Trinajstić information content (AvgIpc) is 2.33. The molecule has 2 bridgehead atoms. The summed E-state index contributed by atoms with van der Waals surface area (Å²) in [6, 6.07) is 0. The Bertz CT molecular complexity index is 279. The standard InChI is InChI=1S/C13H20O/c1-12(2)11-7-6-10-5-3-4-8-13(10,9-11)14-12/h3-4,10-11H,5-9H2,1-2H3/t10?,11-,13?/m1/s1. The maximum absolute atomic E-state index is 6.41. The van der Waals surface area contributed by atoms with Crippen molar-refractivity contribution in [3.05, 3.63) is 12.2 Å². The molecule has 0 aromatic rings. The quantitative estimate of drug-likeness (QED) is 0.535. The van der Waals surface area contributed by atoms with Crippen LogP contribution in [0, 0.1) is 11.8 Å². The minimum absolute atomic E-state index is 0.139. The Kier molecular flexibility index (Phi) is 1.69. The van der Waals surface area contributed by atoms with Gasteiger partial charge in [0.2, 0.25) is 0 Å². The number of ether oxygens (including phenoxy) is 1. The van der Waals surface area contributed by atoms with Crippen molar-refractivity contribution in [3.63, 3.8) is 0 Å². The van der Waals surface area contributed by atoms with E-state index in [0.717, 1.165) is 18.3 Å². The molecule has 0 N–H and O–H groups in total. The third kappa shape index (κ3) is 1.05. The second kappa shape index (κ2) is 2.63. The fraction of sp³-hybridized carbons (Fsp3) is 0.846. The molecule has 1 spiro atoms. The lowest BCUT2D eigenvalue weighted by Crippen LogP contribution is -2.41. The zero-order valence-electron chi connectivity index (χ0n) is 9.25. The summed E-state index contributed by atoms with van der Waals surface area (Å²) in [4.78, 5) is 0. The van der Waals surface area contributed by atoms with Crippen molar-refractivity contribution in [3.8, 4) is 0 Å². The first-order valence-corrected chi connectivity index (χ1v) is 5.98. The molecule has 1 heterocycles. The molecule has 0 aromatic heterocycles. The minimum Gasteiger partial charge on any atom is -0.368 e. The number of hydrogen-bond acceptors (Lipinski definition) is 1. The third-order valence-corrected chi connectivity index (χ3v) is 4.70. The molecule has 0 aromatic carbocycles. The van der Waals surface area contributed by atoms with Crippen LogP contribution in [0.2, 0.25) is 0 Å². The summed E-state index contributed by atoms with van der Waals surface area (Å²) < 4.78 is 6.41. The average molecular weight is 192 g/mol. The first kappa shape index (κ1) is 8.96. The largest absolute Gasteiger partial charge is 0.368 e. The summed E-state index contributed by atoms with van der Waals surface area (Å²) in [7, 11) is 0. The van der Waals surface area contributed by atoms with E-state index in [9.17, 15) is 0 Å². The van der Waals surface area contributed by atoms with Crippen molar-refractivity contribution in [1.29, 1.82) is 0 Å². The third-order valence-electron chi connectivity index (χ3n) is 4.70. The van der Waals surface area contributed by atoms with E-state index in [4.69, 9.17) is 4.74 Å². The van der Waals surface area contributed by atoms with Gasteiger partial charge in [-0.1, -0.05) is 12.2 Å². The van der Waals surface area contributed by atoms with Crippen LogP contribution in [-0.4, -0.2) is 11.2 Å². The lowest BCUT2D eigenvalue weighted by molar-refractivity contribution is -0.114. The molecule has 2 fully saturated rings. The first-order chi connectivity index (χ1) is 6.62. The number of allylic oxidation sites excluding steroid dienone is 1. The Labute approximate surface area is 86.5 Å². The first-order valence-electron chi connectivity index (χ1n) is 5.98. The molecule has 14 heavy (non-hydrogen) atoms. The van der Waals surface area contributed by atoms with Gasteiger partial charge in [-0.05, 0) is 57.8 Å². The van der Waals surface area contributed by atoms with Crippen LogP contribution in [0.3, 0.4) is 0 Å². The summed E-state index contributed by atoms with van der Waals surface area (Å²) in [5.74, 6) is 1.62. The van der Waals surface area contributed by atoms with Gasteiger partial charge < -0.3 is 4.74 Å². The summed E-state index contributed by atoms with van der Waals surface area (Å²) in [6.45, 7) is 4.57. The van der Waals surface area contributed by atoms with Gasteiger partial charge in [0.1, 0.15) is 0 Å². The van der Waals surface area contributed by atoms with Crippen molar-refractivity contribution in [2.75, 3.05) is 0 Å². The number of hydrogen-bond donors (Lipinski definition) is 0. The number of fused-ring (bicyclic) bond motifs is 1. The van der Waals surface area contributed by atoms with Crippen LogP contribution >= 0.6 is 0 Å². The van der Waals surface area contributed by atoms with Crippen molar-refractivity contribution in [1.82, 2.24) is 0 Å². The van der Waals surface area contributed by atoms with E-state index < -0.39 is 0 Å². The summed E-state index contributed by atoms with van der Waals surface area (Å²) in [6.07, 6.45) is 11.2. The fourth-order valence-corrected chi connectivity index (χ4v) is 3.84. The highest BCUT2D eigenvalue weighted by Gasteiger charge is 2.56. The second-order valence-electron chi connectivity index (χ2n) is 5.86. The molecule has 0 radical (unpaired) electrons. The molecule has 1 saturated heterocycles. The maximum Gasteiger partial charge on any atom is 0.0758 e. The van der Waals surface area contributed by atoms with E-state index in [1.807, 2.05) is 0 Å². The normalized spacial score (nSPS) is 49.0. The van der Waals surface area contributed by atoms with Crippen molar-refractivity contribution in [2.45, 2.75) is 57.2 Å². The van der Waals surface area contributed by atoms with Gasteiger partial charge in [-0.25, -0.2) is 0 Å². The summed E-state index contributed by atoms with van der Waals surface area (Å²) >= 11 is 0. The van der Waals surface area contributed by atoms with Crippen LogP contribution in [0.15, 0.2) is 12.2 Å². The van der Waals surface area contributed by atoms with E-state index in [1.165, 1.54) is 25.7 Å². The van der Waals surface area contributed by atoms with Crippen molar-refractivity contribution < 1.29 is 4.74 Å². The topological polar surface area (TPSA) is 9.23 Å². The van der Waals surface area contributed by atoms with Crippen LogP contribution < -0.4 is 0 Å². The van der Waals surface area contributed by atoms with Gasteiger partial charge in [-0.2, -0.15) is 0 Å². The molecular weight excluding hydrogens is 172 g/mol. The molecular formula is C13H20O. The number of rotatable bonds is 0. The molecule has 2 aliphatic carbocycles. The van der Waals surface area contributed by atoms with E-state index >= 15 is 0 Å². The molecule has 78 valence electrons. The maximum atomic E-state index is 6.41. The van der Waals surface area contributed by atoms with Crippen LogP contribution in [0.1, 0.15) is 46.0 Å². The smallest absolute Gasteiger partial charge is 0.0758 e. The van der Waals surface area contributed by atoms with Crippen LogP contribution in [0.4, 0.5) is 0 Å². The zero-order valence-corrected chi connectivity index (χ0v) is 9.25. The van der Waals surface area contributed by atoms with Gasteiger partial charge in [-0.15, -0.1) is 0 Å². The molecule has 0 amide bonds. The Hall–Kier alpha value is -0.300. The van der Waals surface area contributed by atoms with Crippen LogP contribution in [0.5, 0.6) is 0 Å². The van der Waals surface area contributed by atoms with Crippen LogP contribution in [-0.2, 0) is 4.74 Å². The van der Waals surface area contributed by atoms with E-state index in [2.05, 4.69) is 26.0 Å². The highest BCUT2D eigenvalue weighted by atomic mass is 16.5. The van der Waals surface area contributed by atoms with Gasteiger partial charge >= 0.3 is 0 Å². The molecule has 1 heteroatoms. The van der Waals surface area contributed by atoms with Gasteiger partial charge in [0, 0.05) is 0 Å². The van der Waals surface area contributed by atoms with Gasteiger partial charge in [0.05, 0.1) is 11.2 Å². The minimum atomic E-state index is 0.139. The molecule has 1 saturated carbocycles. The SMILES string of the molecule is CC1(C)OC23CC=CCC2CC[C@@H]1C3. The predicted molar refractivity (Wildman–Crippen MR) is 57.1 cm³/mol. The molecule has 3 aliphatic rings. The molecule has 1 aliphatic heterocycles. The predicted octanol–water partition coefficient (Wildman–Crippen LogP) is 3.30. The lowest BCUT2D eigenvalue weighted by atomic mass is 9.66. The fourth-order valence-electron chi connectivity index (χ4n) is 3.84. The Morgan fingerprint density at radius 2 is 1.93 bits per heavy atom. The van der Waals surface area contributed by atoms with E-state index in [-0.39, 0.29) is 11.2 Å². The Morgan fingerprint density at radius 1 is 1.14 bits per heavy atom. The monoisotopic (exact) mass is 192 g/mol. The highest BCUT2D eigenvalue weighted by Crippen LogP contribution is 2.56. The van der Waals surface area contributed by atoms with E-state index in [1.54, 1.807) is 0 Å². The van der Waals surface area contributed by atoms with Gasteiger partial charge in [0.25, 0.3) is 0 Å². The lowest BCUT2D eigenvalue weighted by Gasteiger charge is -2.41. The van der Waals surface area contributed by atoms with Gasteiger partial charge in [0.15, 0.2) is 0 Å². The molecule has 1 nitrogen and oxygen atoms in total. The Balaban J connectivity index is 1.97. The summed E-state index contributed by atoms with van der Waals surface area (Å²) in [5.41, 5.74) is 0.376. The van der Waals surface area contributed by atoms with Crippen LogP contribution in [0.25, 0.3) is 0 Å². The summed E-state index contributed by atoms with van der Waals surface area (Å²) in [5, 5.41) is 0. The highest BCUT2D eigenvalue weighted by molar-refractivity contribution is 5.12. The molecule has 3 atom stereocenters. The zero-order chi connectivity index (χ0) is 9.81. The Morgan fingerprint density at radius 3 is 2.79 bits per heavy atom. The molecule has 3 rings (SSSR count). The van der Waals surface area contributed by atoms with Crippen molar-refractivity contribution in [2.24, 2.45) is 11.8 Å².